The average molecular weight is 275 g/mol. The molecule has 0 saturated heterocycles. The summed E-state index contributed by atoms with van der Waals surface area (Å²) in [5.74, 6) is 2.34. The second kappa shape index (κ2) is 7.72. The summed E-state index contributed by atoms with van der Waals surface area (Å²) in [6.07, 6.45) is 1.91. The normalized spacial score (nSPS) is 10.4. The van der Waals surface area contributed by atoms with Crippen LogP contribution < -0.4 is 9.47 Å². The maximum Gasteiger partial charge on any atom is 0.162 e. The van der Waals surface area contributed by atoms with Crippen molar-refractivity contribution >= 4 is 24.2 Å². The standard InChI is InChI=1S/C13H19ClO2S/c1-3-15-12-8-10(6-5-7-17)11(14)9-13(12)16-4-2/h8-9,17H,3-7H2,1-2H3. The lowest BCUT2D eigenvalue weighted by Crippen LogP contribution is -2.00. The minimum atomic E-state index is 0.604. The highest BCUT2D eigenvalue weighted by Gasteiger charge is 2.10. The highest BCUT2D eigenvalue weighted by molar-refractivity contribution is 7.80. The van der Waals surface area contributed by atoms with Gasteiger partial charge in [-0.25, -0.2) is 0 Å². The van der Waals surface area contributed by atoms with E-state index in [2.05, 4.69) is 12.6 Å². The molecule has 1 aromatic rings. The number of ether oxygens (including phenoxy) is 2. The molecular formula is C13H19ClO2S. The van der Waals surface area contributed by atoms with Crippen molar-refractivity contribution < 1.29 is 9.47 Å². The number of thiol groups is 1. The van der Waals surface area contributed by atoms with Crippen LogP contribution in [0, 0.1) is 0 Å². The predicted octanol–water partition coefficient (Wildman–Crippen LogP) is 4.00. The van der Waals surface area contributed by atoms with Crippen LogP contribution >= 0.6 is 24.2 Å². The molecular weight excluding hydrogens is 256 g/mol. The van der Waals surface area contributed by atoms with Crippen molar-refractivity contribution in [2.75, 3.05) is 19.0 Å². The van der Waals surface area contributed by atoms with Gasteiger partial charge in [-0.3, -0.25) is 0 Å². The van der Waals surface area contributed by atoms with E-state index in [1.165, 1.54) is 0 Å². The summed E-state index contributed by atoms with van der Waals surface area (Å²) < 4.78 is 11.1. The van der Waals surface area contributed by atoms with Gasteiger partial charge in [-0.1, -0.05) is 11.6 Å². The summed E-state index contributed by atoms with van der Waals surface area (Å²) in [5.41, 5.74) is 1.09. The van der Waals surface area contributed by atoms with Gasteiger partial charge >= 0.3 is 0 Å². The number of halogens is 1. The molecule has 17 heavy (non-hydrogen) atoms. The second-order valence-corrected chi connectivity index (χ2v) is 4.44. The van der Waals surface area contributed by atoms with E-state index in [1.54, 1.807) is 0 Å². The van der Waals surface area contributed by atoms with Gasteiger partial charge < -0.3 is 9.47 Å². The van der Waals surface area contributed by atoms with Crippen LogP contribution in [0.25, 0.3) is 0 Å². The minimum Gasteiger partial charge on any atom is -0.490 e. The molecule has 1 rings (SSSR count). The fourth-order valence-electron chi connectivity index (χ4n) is 1.57. The van der Waals surface area contributed by atoms with Crippen molar-refractivity contribution in [3.8, 4) is 11.5 Å². The minimum absolute atomic E-state index is 0.604. The van der Waals surface area contributed by atoms with Gasteiger partial charge in [0.15, 0.2) is 11.5 Å². The Bertz CT molecular complexity index is 356. The number of hydrogen-bond donors (Lipinski definition) is 1. The zero-order valence-corrected chi connectivity index (χ0v) is 12.0. The maximum atomic E-state index is 6.21. The van der Waals surface area contributed by atoms with Crippen molar-refractivity contribution in [3.05, 3.63) is 22.7 Å². The molecule has 0 aliphatic carbocycles. The van der Waals surface area contributed by atoms with Gasteiger partial charge in [0.05, 0.1) is 13.2 Å². The third kappa shape index (κ3) is 4.32. The van der Waals surface area contributed by atoms with Crippen LogP contribution in [0.15, 0.2) is 12.1 Å². The largest absolute Gasteiger partial charge is 0.490 e. The summed E-state index contributed by atoms with van der Waals surface area (Å²) in [6.45, 7) is 5.12. The molecule has 0 aromatic heterocycles. The fraction of sp³-hybridized carbons (Fsp3) is 0.538. The summed E-state index contributed by atoms with van der Waals surface area (Å²) in [7, 11) is 0. The van der Waals surface area contributed by atoms with Crippen molar-refractivity contribution in [2.45, 2.75) is 26.7 Å². The van der Waals surface area contributed by atoms with Crippen LogP contribution in [0.3, 0.4) is 0 Å². The molecule has 0 atom stereocenters. The molecule has 0 unspecified atom stereocenters. The van der Waals surface area contributed by atoms with E-state index in [0.29, 0.717) is 19.0 Å². The fourth-order valence-corrected chi connectivity index (χ4v) is 1.98. The number of aryl methyl sites for hydroxylation is 1. The van der Waals surface area contributed by atoms with Gasteiger partial charge in [0.25, 0.3) is 0 Å². The molecule has 0 heterocycles. The van der Waals surface area contributed by atoms with Crippen molar-refractivity contribution in [1.82, 2.24) is 0 Å². The lowest BCUT2D eigenvalue weighted by Gasteiger charge is -2.13. The first-order chi connectivity index (χ1) is 8.22. The zero-order chi connectivity index (χ0) is 12.7. The summed E-state index contributed by atoms with van der Waals surface area (Å²) in [4.78, 5) is 0. The van der Waals surface area contributed by atoms with Gasteiger partial charge in [-0.2, -0.15) is 12.6 Å². The Balaban J connectivity index is 2.96. The lowest BCUT2D eigenvalue weighted by atomic mass is 10.1. The highest BCUT2D eigenvalue weighted by Crippen LogP contribution is 2.34. The Morgan fingerprint density at radius 2 is 1.71 bits per heavy atom. The highest BCUT2D eigenvalue weighted by atomic mass is 35.5. The molecule has 0 bridgehead atoms. The molecule has 0 saturated carbocycles. The van der Waals surface area contributed by atoms with E-state index in [9.17, 15) is 0 Å². The second-order valence-electron chi connectivity index (χ2n) is 3.58. The molecule has 0 N–H and O–H groups in total. The molecule has 0 fully saturated rings. The Kier molecular flexibility index (Phi) is 6.60. The number of hydrogen-bond acceptors (Lipinski definition) is 3. The van der Waals surface area contributed by atoms with Gasteiger partial charge in [-0.15, -0.1) is 0 Å². The summed E-state index contributed by atoms with van der Waals surface area (Å²) >= 11 is 10.4. The quantitative estimate of drug-likeness (QED) is 0.758. The summed E-state index contributed by atoms with van der Waals surface area (Å²) in [6, 6.07) is 3.81. The Labute approximate surface area is 114 Å². The third-order valence-corrected chi connectivity index (χ3v) is 2.98. The first kappa shape index (κ1) is 14.5. The van der Waals surface area contributed by atoms with E-state index in [0.717, 1.165) is 34.9 Å². The van der Waals surface area contributed by atoms with Crippen LogP contribution in [-0.4, -0.2) is 19.0 Å². The topological polar surface area (TPSA) is 18.5 Å². The van der Waals surface area contributed by atoms with Gasteiger partial charge in [0, 0.05) is 11.1 Å². The van der Waals surface area contributed by atoms with Crippen LogP contribution in [0.5, 0.6) is 11.5 Å². The predicted molar refractivity (Wildman–Crippen MR) is 76.0 cm³/mol. The van der Waals surface area contributed by atoms with Crippen molar-refractivity contribution in [3.63, 3.8) is 0 Å². The molecule has 0 aliphatic rings. The Hall–Kier alpha value is -0.540. The molecule has 1 aromatic carbocycles. The molecule has 0 amide bonds. The Morgan fingerprint density at radius 3 is 2.24 bits per heavy atom. The van der Waals surface area contributed by atoms with Gasteiger partial charge in [-0.05, 0) is 44.1 Å². The van der Waals surface area contributed by atoms with E-state index in [1.807, 2.05) is 26.0 Å². The first-order valence-electron chi connectivity index (χ1n) is 5.91. The average Bonchev–Trinajstić information content (AvgIpc) is 2.31. The smallest absolute Gasteiger partial charge is 0.162 e. The monoisotopic (exact) mass is 274 g/mol. The van der Waals surface area contributed by atoms with Crippen molar-refractivity contribution in [1.29, 1.82) is 0 Å². The SMILES string of the molecule is CCOc1cc(Cl)c(CCCS)cc1OCC. The molecule has 2 nitrogen and oxygen atoms in total. The Morgan fingerprint density at radius 1 is 1.12 bits per heavy atom. The summed E-state index contributed by atoms with van der Waals surface area (Å²) in [5, 5.41) is 0.735. The van der Waals surface area contributed by atoms with Crippen LogP contribution in [0.4, 0.5) is 0 Å². The molecule has 4 heteroatoms. The van der Waals surface area contributed by atoms with Crippen LogP contribution in [0.2, 0.25) is 5.02 Å². The third-order valence-electron chi connectivity index (χ3n) is 2.32. The maximum absolute atomic E-state index is 6.21. The number of rotatable bonds is 7. The zero-order valence-electron chi connectivity index (χ0n) is 10.3. The van der Waals surface area contributed by atoms with E-state index < -0.39 is 0 Å². The number of benzene rings is 1. The van der Waals surface area contributed by atoms with E-state index in [4.69, 9.17) is 21.1 Å². The first-order valence-corrected chi connectivity index (χ1v) is 6.92. The molecule has 0 aliphatic heterocycles. The lowest BCUT2D eigenvalue weighted by molar-refractivity contribution is 0.287. The van der Waals surface area contributed by atoms with Gasteiger partial charge in [0.1, 0.15) is 0 Å². The molecule has 0 spiro atoms. The van der Waals surface area contributed by atoms with Gasteiger partial charge in [0.2, 0.25) is 0 Å². The van der Waals surface area contributed by atoms with Crippen LogP contribution in [-0.2, 0) is 6.42 Å². The van der Waals surface area contributed by atoms with Crippen LogP contribution in [0.1, 0.15) is 25.8 Å². The molecule has 96 valence electrons. The molecule has 0 radical (unpaired) electrons. The van der Waals surface area contributed by atoms with Crippen molar-refractivity contribution in [2.24, 2.45) is 0 Å². The van der Waals surface area contributed by atoms with E-state index >= 15 is 0 Å². The van der Waals surface area contributed by atoms with E-state index in [-0.39, 0.29) is 0 Å².